The first kappa shape index (κ1) is 12.3. The Labute approximate surface area is 122 Å². The van der Waals surface area contributed by atoms with Crippen LogP contribution in [0.25, 0.3) is 5.52 Å². The number of aromatic nitrogens is 5. The van der Waals surface area contributed by atoms with Gasteiger partial charge in [0.05, 0.1) is 6.20 Å². The van der Waals surface area contributed by atoms with Crippen LogP contribution >= 0.6 is 0 Å². The molecule has 1 aliphatic carbocycles. The largest absolute Gasteiger partial charge is 0.307 e. The zero-order chi connectivity index (χ0) is 14.1. The van der Waals surface area contributed by atoms with Gasteiger partial charge in [-0.15, -0.1) is 0 Å². The van der Waals surface area contributed by atoms with E-state index in [4.69, 9.17) is 0 Å². The third kappa shape index (κ3) is 2.33. The molecule has 0 aromatic carbocycles. The number of hydrogen-bond acceptors (Lipinski definition) is 5. The topological polar surface area (TPSA) is 68.0 Å². The van der Waals surface area contributed by atoms with Gasteiger partial charge in [0, 0.05) is 24.8 Å². The lowest BCUT2D eigenvalue weighted by atomic mass is 10.0. The molecule has 1 saturated carbocycles. The van der Waals surface area contributed by atoms with Crippen molar-refractivity contribution in [1.82, 2.24) is 24.6 Å². The van der Waals surface area contributed by atoms with Crippen molar-refractivity contribution in [3.63, 3.8) is 0 Å². The van der Waals surface area contributed by atoms with Crippen LogP contribution in [0, 0.1) is 0 Å². The third-order valence-corrected chi connectivity index (χ3v) is 4.05. The van der Waals surface area contributed by atoms with Crippen LogP contribution in [0.15, 0.2) is 37.1 Å². The summed E-state index contributed by atoms with van der Waals surface area (Å²) in [5, 5.41) is 7.34. The van der Waals surface area contributed by atoms with Gasteiger partial charge in [-0.25, -0.2) is 19.5 Å². The van der Waals surface area contributed by atoms with Gasteiger partial charge in [0.25, 0.3) is 0 Å². The summed E-state index contributed by atoms with van der Waals surface area (Å²) in [5.41, 5.74) is 2.15. The van der Waals surface area contributed by atoms with Crippen LogP contribution in [0.5, 0.6) is 0 Å². The molecule has 0 atom stereocenters. The first-order valence-electron chi connectivity index (χ1n) is 7.27. The summed E-state index contributed by atoms with van der Waals surface area (Å²) >= 11 is 0. The Balaban J connectivity index is 1.58. The molecule has 0 bridgehead atoms. The van der Waals surface area contributed by atoms with Crippen molar-refractivity contribution in [2.45, 2.75) is 31.6 Å². The Morgan fingerprint density at radius 1 is 1.05 bits per heavy atom. The predicted molar refractivity (Wildman–Crippen MR) is 79.5 cm³/mol. The van der Waals surface area contributed by atoms with Crippen LogP contribution in [0.2, 0.25) is 0 Å². The van der Waals surface area contributed by atoms with Gasteiger partial charge in [0.1, 0.15) is 5.52 Å². The average Bonchev–Trinajstić information content (AvgIpc) is 3.20. The van der Waals surface area contributed by atoms with Gasteiger partial charge in [-0.3, -0.25) is 0 Å². The SMILES string of the molecule is c1cn2nccc2c(Nc2ncc(C3CCCC3)cn2)n1. The molecule has 0 amide bonds. The van der Waals surface area contributed by atoms with Gasteiger partial charge >= 0.3 is 0 Å². The van der Waals surface area contributed by atoms with Crippen molar-refractivity contribution in [3.8, 4) is 0 Å². The molecular weight excluding hydrogens is 264 g/mol. The molecular formula is C15H16N6. The minimum absolute atomic E-state index is 0.568. The van der Waals surface area contributed by atoms with Crippen molar-refractivity contribution in [3.05, 3.63) is 42.6 Å². The zero-order valence-electron chi connectivity index (χ0n) is 11.6. The Morgan fingerprint density at radius 3 is 2.67 bits per heavy atom. The van der Waals surface area contributed by atoms with Crippen molar-refractivity contribution in [2.24, 2.45) is 0 Å². The standard InChI is InChI=1S/C15H16N6/c1-2-4-11(3-1)12-9-17-15(18-10-12)20-14-13-5-6-19-21(13)8-7-16-14/h5-11H,1-4H2,(H,16,17,18,20). The molecule has 3 aromatic rings. The first-order valence-corrected chi connectivity index (χ1v) is 7.27. The van der Waals surface area contributed by atoms with E-state index in [0.29, 0.717) is 17.7 Å². The van der Waals surface area contributed by atoms with Gasteiger partial charge in [-0.1, -0.05) is 12.8 Å². The van der Waals surface area contributed by atoms with Gasteiger partial charge in [-0.2, -0.15) is 5.10 Å². The molecule has 0 radical (unpaired) electrons. The van der Waals surface area contributed by atoms with Gasteiger partial charge in [0.2, 0.25) is 5.95 Å². The highest BCUT2D eigenvalue weighted by Crippen LogP contribution is 2.33. The lowest BCUT2D eigenvalue weighted by Gasteiger charge is -2.09. The fourth-order valence-corrected chi connectivity index (χ4v) is 2.93. The number of nitrogens with one attached hydrogen (secondary N) is 1. The highest BCUT2D eigenvalue weighted by atomic mass is 15.2. The smallest absolute Gasteiger partial charge is 0.228 e. The van der Waals surface area contributed by atoms with Gasteiger partial charge < -0.3 is 5.32 Å². The van der Waals surface area contributed by atoms with Crippen LogP contribution < -0.4 is 5.32 Å². The number of hydrogen-bond donors (Lipinski definition) is 1. The summed E-state index contributed by atoms with van der Waals surface area (Å²) < 4.78 is 1.77. The molecule has 0 aliphatic heterocycles. The molecule has 3 aromatic heterocycles. The van der Waals surface area contributed by atoms with Crippen LogP contribution in [-0.2, 0) is 0 Å². The van der Waals surface area contributed by atoms with Gasteiger partial charge in [-0.05, 0) is 30.4 Å². The van der Waals surface area contributed by atoms with Crippen molar-refractivity contribution < 1.29 is 0 Å². The monoisotopic (exact) mass is 280 g/mol. The Bertz CT molecular complexity index is 742. The minimum Gasteiger partial charge on any atom is -0.307 e. The second-order valence-electron chi connectivity index (χ2n) is 5.38. The molecule has 0 spiro atoms. The molecule has 1 fully saturated rings. The van der Waals surface area contributed by atoms with E-state index in [1.54, 1.807) is 16.9 Å². The lowest BCUT2D eigenvalue weighted by Crippen LogP contribution is -2.03. The number of nitrogens with zero attached hydrogens (tertiary/aromatic N) is 5. The Kier molecular flexibility index (Phi) is 2.99. The van der Waals surface area contributed by atoms with E-state index in [-0.39, 0.29) is 0 Å². The van der Waals surface area contributed by atoms with Gasteiger partial charge in [0.15, 0.2) is 5.82 Å². The van der Waals surface area contributed by atoms with Crippen molar-refractivity contribution in [2.75, 3.05) is 5.32 Å². The first-order chi connectivity index (χ1) is 10.4. The summed E-state index contributed by atoms with van der Waals surface area (Å²) in [7, 11) is 0. The molecule has 0 saturated heterocycles. The second kappa shape index (κ2) is 5.12. The van der Waals surface area contributed by atoms with E-state index in [0.717, 1.165) is 5.52 Å². The molecule has 4 rings (SSSR count). The average molecular weight is 280 g/mol. The van der Waals surface area contributed by atoms with E-state index in [1.165, 1.54) is 31.2 Å². The maximum atomic E-state index is 4.42. The molecule has 1 aliphatic rings. The summed E-state index contributed by atoms with van der Waals surface area (Å²) in [5.74, 6) is 1.91. The maximum absolute atomic E-state index is 4.42. The zero-order valence-corrected chi connectivity index (χ0v) is 11.6. The summed E-state index contributed by atoms with van der Waals surface area (Å²) in [6.07, 6.45) is 14.3. The molecule has 106 valence electrons. The molecule has 6 nitrogen and oxygen atoms in total. The van der Waals surface area contributed by atoms with Crippen LogP contribution in [0.4, 0.5) is 11.8 Å². The minimum atomic E-state index is 0.568. The molecule has 6 heteroatoms. The quantitative estimate of drug-likeness (QED) is 0.799. The molecule has 21 heavy (non-hydrogen) atoms. The Hall–Kier alpha value is -2.50. The third-order valence-electron chi connectivity index (χ3n) is 4.05. The van der Waals surface area contributed by atoms with E-state index >= 15 is 0 Å². The molecule has 1 N–H and O–H groups in total. The normalized spacial score (nSPS) is 15.6. The van der Waals surface area contributed by atoms with Crippen molar-refractivity contribution >= 4 is 17.3 Å². The number of fused-ring (bicyclic) bond motifs is 1. The highest BCUT2D eigenvalue weighted by molar-refractivity contribution is 5.70. The number of anilines is 2. The van der Waals surface area contributed by atoms with Crippen LogP contribution in [0.1, 0.15) is 37.2 Å². The lowest BCUT2D eigenvalue weighted by molar-refractivity contribution is 0.714. The van der Waals surface area contributed by atoms with E-state index in [2.05, 4.69) is 25.4 Å². The summed E-state index contributed by atoms with van der Waals surface area (Å²) in [6.45, 7) is 0. The maximum Gasteiger partial charge on any atom is 0.228 e. The van der Waals surface area contributed by atoms with Crippen LogP contribution in [-0.4, -0.2) is 24.6 Å². The fraction of sp³-hybridized carbons (Fsp3) is 0.333. The molecule has 0 unspecified atom stereocenters. The summed E-state index contributed by atoms with van der Waals surface area (Å²) in [4.78, 5) is 13.2. The van der Waals surface area contributed by atoms with E-state index in [1.807, 2.05) is 24.7 Å². The van der Waals surface area contributed by atoms with E-state index < -0.39 is 0 Å². The summed E-state index contributed by atoms with van der Waals surface area (Å²) in [6, 6.07) is 1.90. The highest BCUT2D eigenvalue weighted by Gasteiger charge is 2.17. The van der Waals surface area contributed by atoms with E-state index in [9.17, 15) is 0 Å². The molecule has 3 heterocycles. The fourth-order valence-electron chi connectivity index (χ4n) is 2.93. The second-order valence-corrected chi connectivity index (χ2v) is 5.38. The number of rotatable bonds is 3. The predicted octanol–water partition coefficient (Wildman–Crippen LogP) is 2.92. The van der Waals surface area contributed by atoms with Crippen molar-refractivity contribution in [1.29, 1.82) is 0 Å². The Morgan fingerprint density at radius 2 is 1.86 bits per heavy atom. The van der Waals surface area contributed by atoms with Crippen LogP contribution in [0.3, 0.4) is 0 Å².